The Morgan fingerprint density at radius 2 is 2.50 bits per heavy atom. The van der Waals surface area contributed by atoms with Gasteiger partial charge < -0.3 is 10.1 Å². The smallest absolute Gasteiger partial charge is 0.407 e. The third-order valence-electron chi connectivity index (χ3n) is 1.59. The normalized spacial score (nSPS) is 22.1. The largest absolute Gasteiger partial charge is 0.439 e. The number of carbonyl (C=O) groups excluding carboxylic acids is 1. The van der Waals surface area contributed by atoms with E-state index in [2.05, 4.69) is 5.32 Å². The predicted molar refractivity (Wildman–Crippen MR) is 46.6 cm³/mol. The Kier molecular flexibility index (Phi) is 1.94. The first-order valence-electron chi connectivity index (χ1n) is 3.45. The van der Waals surface area contributed by atoms with Crippen LogP contribution in [0.5, 0.6) is 0 Å². The van der Waals surface area contributed by atoms with Crippen LogP contribution in [0.2, 0.25) is 4.34 Å². The Labute approximate surface area is 78.3 Å². The summed E-state index contributed by atoms with van der Waals surface area (Å²) in [5.74, 6) is 0. The molecule has 1 aliphatic heterocycles. The minimum atomic E-state index is -0.357. The SMILES string of the molecule is O=C1NCC(c2ccc(Cl)s2)O1. The molecule has 64 valence electrons. The van der Waals surface area contributed by atoms with Crippen LogP contribution in [0.15, 0.2) is 12.1 Å². The summed E-state index contributed by atoms with van der Waals surface area (Å²) in [5.41, 5.74) is 0. The van der Waals surface area contributed by atoms with E-state index in [-0.39, 0.29) is 12.2 Å². The summed E-state index contributed by atoms with van der Waals surface area (Å²) < 4.78 is 5.68. The summed E-state index contributed by atoms with van der Waals surface area (Å²) in [7, 11) is 0. The highest BCUT2D eigenvalue weighted by Crippen LogP contribution is 2.30. The van der Waals surface area contributed by atoms with Crippen molar-refractivity contribution in [1.29, 1.82) is 0 Å². The van der Waals surface area contributed by atoms with Gasteiger partial charge in [-0.15, -0.1) is 11.3 Å². The number of cyclic esters (lactones) is 1. The average Bonchev–Trinajstić information content (AvgIpc) is 2.58. The lowest BCUT2D eigenvalue weighted by Crippen LogP contribution is -2.12. The molecule has 1 atom stereocenters. The van der Waals surface area contributed by atoms with Gasteiger partial charge in [-0.25, -0.2) is 4.79 Å². The molecule has 0 aliphatic carbocycles. The number of ether oxygens (including phenoxy) is 1. The number of amides is 1. The number of halogens is 1. The molecular formula is C7H6ClNO2S. The van der Waals surface area contributed by atoms with Crippen LogP contribution in [0.3, 0.4) is 0 Å². The fourth-order valence-electron chi connectivity index (χ4n) is 1.05. The van der Waals surface area contributed by atoms with Gasteiger partial charge in [-0.05, 0) is 12.1 Å². The second-order valence-electron chi connectivity index (χ2n) is 2.42. The number of thiophene rings is 1. The number of nitrogens with one attached hydrogen (secondary N) is 1. The van der Waals surface area contributed by atoms with Gasteiger partial charge in [0, 0.05) is 4.88 Å². The Morgan fingerprint density at radius 1 is 1.67 bits per heavy atom. The summed E-state index contributed by atoms with van der Waals surface area (Å²) in [4.78, 5) is 11.7. The number of hydrogen-bond acceptors (Lipinski definition) is 3. The van der Waals surface area contributed by atoms with Gasteiger partial charge in [0.05, 0.1) is 10.9 Å². The van der Waals surface area contributed by atoms with E-state index in [1.807, 2.05) is 6.07 Å². The second-order valence-corrected chi connectivity index (χ2v) is 4.16. The van der Waals surface area contributed by atoms with Gasteiger partial charge in [0.1, 0.15) is 0 Å². The Hall–Kier alpha value is -0.740. The van der Waals surface area contributed by atoms with Crippen LogP contribution in [0.4, 0.5) is 4.79 Å². The minimum absolute atomic E-state index is 0.157. The van der Waals surface area contributed by atoms with E-state index >= 15 is 0 Å². The van der Waals surface area contributed by atoms with E-state index in [0.29, 0.717) is 10.9 Å². The molecule has 3 nitrogen and oxygen atoms in total. The maximum atomic E-state index is 10.7. The van der Waals surface area contributed by atoms with Crippen molar-refractivity contribution in [2.75, 3.05) is 6.54 Å². The standard InChI is InChI=1S/C7H6ClNO2S/c8-6-2-1-5(12-6)4-3-9-7(10)11-4/h1-2,4H,3H2,(H,9,10). The molecule has 2 heterocycles. The number of rotatable bonds is 1. The highest BCUT2D eigenvalue weighted by Gasteiger charge is 2.25. The van der Waals surface area contributed by atoms with Crippen molar-refractivity contribution in [3.05, 3.63) is 21.3 Å². The maximum Gasteiger partial charge on any atom is 0.407 e. The molecule has 0 radical (unpaired) electrons. The lowest BCUT2D eigenvalue weighted by molar-refractivity contribution is 0.142. The van der Waals surface area contributed by atoms with Gasteiger partial charge in [-0.2, -0.15) is 0 Å². The molecule has 1 aliphatic rings. The van der Waals surface area contributed by atoms with E-state index < -0.39 is 0 Å². The molecule has 1 amide bonds. The summed E-state index contributed by atoms with van der Waals surface area (Å²) in [6, 6.07) is 3.67. The Bertz CT molecular complexity index is 312. The van der Waals surface area contributed by atoms with Crippen molar-refractivity contribution in [3.8, 4) is 0 Å². The molecule has 1 unspecified atom stereocenters. The van der Waals surface area contributed by atoms with Crippen molar-refractivity contribution < 1.29 is 9.53 Å². The monoisotopic (exact) mass is 203 g/mol. The first kappa shape index (κ1) is 7.89. The van der Waals surface area contributed by atoms with Crippen LogP contribution >= 0.6 is 22.9 Å². The van der Waals surface area contributed by atoms with Crippen molar-refractivity contribution in [2.45, 2.75) is 6.10 Å². The fraction of sp³-hybridized carbons (Fsp3) is 0.286. The van der Waals surface area contributed by atoms with Crippen molar-refractivity contribution in [2.24, 2.45) is 0 Å². The number of alkyl carbamates (subject to hydrolysis) is 1. The van der Waals surface area contributed by atoms with E-state index in [0.717, 1.165) is 4.88 Å². The number of carbonyl (C=O) groups is 1. The Balaban J connectivity index is 2.15. The molecule has 1 N–H and O–H groups in total. The molecule has 0 saturated carbocycles. The van der Waals surface area contributed by atoms with Crippen molar-refractivity contribution >= 4 is 29.0 Å². The highest BCUT2D eigenvalue weighted by atomic mass is 35.5. The fourth-order valence-corrected chi connectivity index (χ4v) is 2.14. The van der Waals surface area contributed by atoms with Gasteiger partial charge in [0.2, 0.25) is 0 Å². The van der Waals surface area contributed by atoms with E-state index in [1.54, 1.807) is 6.07 Å². The molecule has 5 heteroatoms. The number of hydrogen-bond donors (Lipinski definition) is 1. The molecule has 12 heavy (non-hydrogen) atoms. The molecule has 1 saturated heterocycles. The van der Waals surface area contributed by atoms with Crippen LogP contribution in [0.25, 0.3) is 0 Å². The van der Waals surface area contributed by atoms with E-state index in [4.69, 9.17) is 16.3 Å². The van der Waals surface area contributed by atoms with Gasteiger partial charge in [0.25, 0.3) is 0 Å². The summed E-state index contributed by atoms with van der Waals surface area (Å²) >= 11 is 7.17. The van der Waals surface area contributed by atoms with Crippen LogP contribution in [0.1, 0.15) is 11.0 Å². The lowest BCUT2D eigenvalue weighted by Gasteiger charge is -2.02. The predicted octanol–water partition coefficient (Wildman–Crippen LogP) is 2.18. The zero-order chi connectivity index (χ0) is 8.55. The zero-order valence-corrected chi connectivity index (χ0v) is 7.61. The van der Waals surface area contributed by atoms with Crippen LogP contribution < -0.4 is 5.32 Å². The molecule has 0 aromatic carbocycles. The Morgan fingerprint density at radius 3 is 3.00 bits per heavy atom. The quantitative estimate of drug-likeness (QED) is 0.760. The molecular weight excluding hydrogens is 198 g/mol. The zero-order valence-electron chi connectivity index (χ0n) is 6.04. The van der Waals surface area contributed by atoms with Crippen LogP contribution in [-0.2, 0) is 4.74 Å². The molecule has 1 fully saturated rings. The van der Waals surface area contributed by atoms with Crippen molar-refractivity contribution in [3.63, 3.8) is 0 Å². The van der Waals surface area contributed by atoms with E-state index in [1.165, 1.54) is 11.3 Å². The molecule has 1 aromatic rings. The average molecular weight is 204 g/mol. The van der Waals surface area contributed by atoms with Gasteiger partial charge in [-0.3, -0.25) is 0 Å². The minimum Gasteiger partial charge on any atom is -0.439 e. The molecule has 2 rings (SSSR count). The van der Waals surface area contributed by atoms with Gasteiger partial charge >= 0.3 is 6.09 Å². The first-order chi connectivity index (χ1) is 5.75. The topological polar surface area (TPSA) is 38.3 Å². The van der Waals surface area contributed by atoms with Crippen LogP contribution in [-0.4, -0.2) is 12.6 Å². The summed E-state index contributed by atoms with van der Waals surface area (Å²) in [6.45, 7) is 0.537. The first-order valence-corrected chi connectivity index (χ1v) is 4.65. The summed E-state index contributed by atoms with van der Waals surface area (Å²) in [6.07, 6.45) is -0.514. The summed E-state index contributed by atoms with van der Waals surface area (Å²) in [5, 5.41) is 2.58. The van der Waals surface area contributed by atoms with Crippen LogP contribution in [0, 0.1) is 0 Å². The molecule has 0 spiro atoms. The van der Waals surface area contributed by atoms with Gasteiger partial charge in [0.15, 0.2) is 6.10 Å². The third kappa shape index (κ3) is 1.40. The molecule has 0 bridgehead atoms. The van der Waals surface area contributed by atoms with E-state index in [9.17, 15) is 4.79 Å². The highest BCUT2D eigenvalue weighted by molar-refractivity contribution is 7.16. The maximum absolute atomic E-state index is 10.7. The van der Waals surface area contributed by atoms with Crippen molar-refractivity contribution in [1.82, 2.24) is 5.32 Å². The lowest BCUT2D eigenvalue weighted by atomic mass is 10.3. The second kappa shape index (κ2) is 2.95. The van der Waals surface area contributed by atoms with Gasteiger partial charge in [-0.1, -0.05) is 11.6 Å². The molecule has 1 aromatic heterocycles. The third-order valence-corrected chi connectivity index (χ3v) is 2.92.